The van der Waals surface area contributed by atoms with Crippen LogP contribution in [0.25, 0.3) is 10.9 Å². The first-order valence-electron chi connectivity index (χ1n) is 5.26. The summed E-state index contributed by atoms with van der Waals surface area (Å²) in [4.78, 5) is 7.88. The molecule has 0 radical (unpaired) electrons. The van der Waals surface area contributed by atoms with Gasteiger partial charge in [-0.05, 0) is 17.7 Å². The number of rotatable bonds is 3. The zero-order chi connectivity index (χ0) is 13.1. The molecule has 2 unspecified atom stereocenters. The summed E-state index contributed by atoms with van der Waals surface area (Å²) in [5.74, 6) is 0. The van der Waals surface area contributed by atoms with Crippen LogP contribution >= 0.6 is 11.6 Å². The molecule has 0 fully saturated rings. The smallest absolute Gasteiger partial charge is 0.140 e. The van der Waals surface area contributed by atoms with Gasteiger partial charge in [-0.3, -0.25) is 0 Å². The van der Waals surface area contributed by atoms with E-state index in [1.165, 1.54) is 6.33 Å². The first-order chi connectivity index (χ1) is 8.63. The van der Waals surface area contributed by atoms with Gasteiger partial charge in [-0.15, -0.1) is 0 Å². The van der Waals surface area contributed by atoms with Gasteiger partial charge in [-0.25, -0.2) is 9.97 Å². The maximum atomic E-state index is 9.87. The standard InChI is InChI=1S/C12H10ClN3O2/c13-12-8-2-1-7(5-9(8)15-6-16-12)11(18)10(17)3-4-14/h1-2,5-6,10-11,17-18H,3H2. The summed E-state index contributed by atoms with van der Waals surface area (Å²) in [6.07, 6.45) is -1.05. The second-order valence-electron chi connectivity index (χ2n) is 3.82. The third kappa shape index (κ3) is 2.41. The maximum Gasteiger partial charge on any atom is 0.140 e. The molecule has 92 valence electrons. The van der Waals surface area contributed by atoms with E-state index in [1.54, 1.807) is 18.2 Å². The molecule has 2 N–H and O–H groups in total. The highest BCUT2D eigenvalue weighted by Crippen LogP contribution is 2.25. The fourth-order valence-corrected chi connectivity index (χ4v) is 1.86. The number of hydrogen-bond acceptors (Lipinski definition) is 5. The molecule has 0 amide bonds. The number of fused-ring (bicyclic) bond motifs is 1. The lowest BCUT2D eigenvalue weighted by atomic mass is 10.0. The highest BCUT2D eigenvalue weighted by molar-refractivity contribution is 6.34. The Hall–Kier alpha value is -1.74. The van der Waals surface area contributed by atoms with Crippen LogP contribution in [0.4, 0.5) is 0 Å². The van der Waals surface area contributed by atoms with Gasteiger partial charge >= 0.3 is 0 Å². The van der Waals surface area contributed by atoms with E-state index in [2.05, 4.69) is 9.97 Å². The van der Waals surface area contributed by atoms with Crippen molar-refractivity contribution >= 4 is 22.5 Å². The molecule has 18 heavy (non-hydrogen) atoms. The van der Waals surface area contributed by atoms with E-state index in [0.29, 0.717) is 21.6 Å². The molecular weight excluding hydrogens is 254 g/mol. The summed E-state index contributed by atoms with van der Waals surface area (Å²) in [5, 5.41) is 28.9. The number of halogens is 1. The van der Waals surface area contributed by atoms with Gasteiger partial charge in [0.25, 0.3) is 0 Å². The molecule has 2 rings (SSSR count). The van der Waals surface area contributed by atoms with Gasteiger partial charge in [0.15, 0.2) is 0 Å². The molecule has 0 aliphatic heterocycles. The largest absolute Gasteiger partial charge is 0.389 e. The molecular formula is C12H10ClN3O2. The highest BCUT2D eigenvalue weighted by atomic mass is 35.5. The molecule has 2 aromatic rings. The second-order valence-corrected chi connectivity index (χ2v) is 4.17. The average Bonchev–Trinajstić information content (AvgIpc) is 2.38. The monoisotopic (exact) mass is 263 g/mol. The van der Waals surface area contributed by atoms with Crippen LogP contribution in [0, 0.1) is 11.3 Å². The fourth-order valence-electron chi connectivity index (χ4n) is 1.65. The van der Waals surface area contributed by atoms with Crippen LogP contribution in [0.3, 0.4) is 0 Å². The predicted octanol–water partition coefficient (Wildman–Crippen LogP) is 1.59. The Labute approximate surface area is 108 Å². The van der Waals surface area contributed by atoms with Crippen molar-refractivity contribution in [3.63, 3.8) is 0 Å². The number of nitrogens with zero attached hydrogens (tertiary/aromatic N) is 3. The Kier molecular flexibility index (Phi) is 3.72. The molecule has 1 heterocycles. The number of aliphatic hydroxyl groups excluding tert-OH is 2. The van der Waals surface area contributed by atoms with Crippen LogP contribution < -0.4 is 0 Å². The van der Waals surface area contributed by atoms with Crippen LogP contribution in [-0.4, -0.2) is 26.3 Å². The minimum atomic E-state index is -1.12. The number of aliphatic hydroxyl groups is 2. The predicted molar refractivity (Wildman–Crippen MR) is 65.7 cm³/mol. The zero-order valence-corrected chi connectivity index (χ0v) is 10.0. The summed E-state index contributed by atoms with van der Waals surface area (Å²) in [7, 11) is 0. The Morgan fingerprint density at radius 3 is 2.83 bits per heavy atom. The molecule has 0 saturated heterocycles. The van der Waals surface area contributed by atoms with Crippen molar-refractivity contribution in [2.45, 2.75) is 18.6 Å². The van der Waals surface area contributed by atoms with Crippen LogP contribution in [0.5, 0.6) is 0 Å². The van der Waals surface area contributed by atoms with Gasteiger partial charge in [0.2, 0.25) is 0 Å². The fraction of sp³-hybridized carbons (Fsp3) is 0.250. The zero-order valence-electron chi connectivity index (χ0n) is 9.29. The van der Waals surface area contributed by atoms with Gasteiger partial charge in [0, 0.05) is 5.39 Å². The van der Waals surface area contributed by atoms with Crippen molar-refractivity contribution in [2.75, 3.05) is 0 Å². The molecule has 0 saturated carbocycles. The number of nitriles is 1. The van der Waals surface area contributed by atoms with E-state index in [4.69, 9.17) is 16.9 Å². The molecule has 5 nitrogen and oxygen atoms in total. The van der Waals surface area contributed by atoms with Gasteiger partial charge in [0.05, 0.1) is 24.1 Å². The van der Waals surface area contributed by atoms with Gasteiger partial charge in [-0.2, -0.15) is 5.26 Å². The third-order valence-electron chi connectivity index (χ3n) is 2.62. The molecule has 0 bridgehead atoms. The van der Waals surface area contributed by atoms with Gasteiger partial charge in [-0.1, -0.05) is 17.7 Å². The Morgan fingerprint density at radius 1 is 1.33 bits per heavy atom. The van der Waals surface area contributed by atoms with Crippen LogP contribution in [0.2, 0.25) is 5.15 Å². The molecule has 1 aromatic heterocycles. The SMILES string of the molecule is N#CCC(O)C(O)c1ccc2c(Cl)ncnc2c1. The summed E-state index contributed by atoms with van der Waals surface area (Å²) >= 11 is 5.90. The van der Waals surface area contributed by atoms with Crippen molar-refractivity contribution in [1.29, 1.82) is 5.26 Å². The lowest BCUT2D eigenvalue weighted by Crippen LogP contribution is -2.17. The minimum absolute atomic E-state index is 0.135. The molecule has 6 heteroatoms. The van der Waals surface area contributed by atoms with Crippen LogP contribution in [0.1, 0.15) is 18.1 Å². The van der Waals surface area contributed by atoms with Crippen molar-refractivity contribution in [1.82, 2.24) is 9.97 Å². The van der Waals surface area contributed by atoms with E-state index >= 15 is 0 Å². The topological polar surface area (TPSA) is 90.0 Å². The molecule has 0 aliphatic carbocycles. The molecule has 0 aliphatic rings. The minimum Gasteiger partial charge on any atom is -0.389 e. The number of hydrogen-bond donors (Lipinski definition) is 2. The van der Waals surface area contributed by atoms with E-state index in [0.717, 1.165) is 0 Å². The summed E-state index contributed by atoms with van der Waals surface area (Å²) in [6, 6.07) is 6.73. The van der Waals surface area contributed by atoms with E-state index in [-0.39, 0.29) is 6.42 Å². The lowest BCUT2D eigenvalue weighted by molar-refractivity contribution is 0.0217. The summed E-state index contributed by atoms with van der Waals surface area (Å²) in [5.41, 5.74) is 1.07. The second kappa shape index (κ2) is 5.27. The highest BCUT2D eigenvalue weighted by Gasteiger charge is 2.18. The lowest BCUT2D eigenvalue weighted by Gasteiger charge is -2.15. The Morgan fingerprint density at radius 2 is 2.11 bits per heavy atom. The first kappa shape index (κ1) is 12.7. The van der Waals surface area contributed by atoms with Gasteiger partial charge in [0.1, 0.15) is 17.6 Å². The van der Waals surface area contributed by atoms with E-state index in [9.17, 15) is 10.2 Å². The van der Waals surface area contributed by atoms with E-state index < -0.39 is 12.2 Å². The summed E-state index contributed by atoms with van der Waals surface area (Å²) < 4.78 is 0. The number of benzene rings is 1. The number of aromatic nitrogens is 2. The molecule has 2 atom stereocenters. The first-order valence-corrected chi connectivity index (χ1v) is 5.64. The molecule has 1 aromatic carbocycles. The van der Waals surface area contributed by atoms with Crippen molar-refractivity contribution in [2.24, 2.45) is 0 Å². The Balaban J connectivity index is 2.39. The van der Waals surface area contributed by atoms with E-state index in [1.807, 2.05) is 6.07 Å². The molecule has 0 spiro atoms. The van der Waals surface area contributed by atoms with Crippen molar-refractivity contribution in [3.05, 3.63) is 35.2 Å². The Bertz CT molecular complexity index is 612. The van der Waals surface area contributed by atoms with Crippen molar-refractivity contribution < 1.29 is 10.2 Å². The third-order valence-corrected chi connectivity index (χ3v) is 2.92. The average molecular weight is 264 g/mol. The normalized spacial score (nSPS) is 14.1. The summed E-state index contributed by atoms with van der Waals surface area (Å²) in [6.45, 7) is 0. The van der Waals surface area contributed by atoms with Gasteiger partial charge < -0.3 is 10.2 Å². The quantitative estimate of drug-likeness (QED) is 0.821. The van der Waals surface area contributed by atoms with Crippen LogP contribution in [0.15, 0.2) is 24.5 Å². The van der Waals surface area contributed by atoms with Crippen molar-refractivity contribution in [3.8, 4) is 6.07 Å². The van der Waals surface area contributed by atoms with Crippen LogP contribution in [-0.2, 0) is 0 Å². The maximum absolute atomic E-state index is 9.87.